The zero-order valence-electron chi connectivity index (χ0n) is 9.72. The molecule has 4 N–H and O–H groups in total. The first-order chi connectivity index (χ1) is 8.38. The number of hydrogen-bond acceptors (Lipinski definition) is 7. The molecule has 7 nitrogen and oxygen atoms in total. The summed E-state index contributed by atoms with van der Waals surface area (Å²) >= 11 is 0. The molecule has 1 heterocycles. The van der Waals surface area contributed by atoms with Crippen molar-refractivity contribution in [3.05, 3.63) is 0 Å². The van der Waals surface area contributed by atoms with E-state index < -0.39 is 42.9 Å². The highest BCUT2D eigenvalue weighted by atomic mass is 16.7. The van der Waals surface area contributed by atoms with Crippen LogP contribution >= 0.6 is 0 Å². The fourth-order valence-corrected chi connectivity index (χ4v) is 1.49. The van der Waals surface area contributed by atoms with E-state index in [4.69, 9.17) is 26.3 Å². The second-order valence-electron chi connectivity index (χ2n) is 4.10. The third-order valence-corrected chi connectivity index (χ3v) is 2.69. The quantitative estimate of drug-likeness (QED) is 0.420. The summed E-state index contributed by atoms with van der Waals surface area (Å²) in [5.74, 6) is 2.07. The first-order valence-electron chi connectivity index (χ1n) is 5.26. The second kappa shape index (κ2) is 5.63. The molecule has 0 saturated carbocycles. The van der Waals surface area contributed by atoms with Crippen LogP contribution in [0, 0.1) is 23.7 Å². The highest BCUT2D eigenvalue weighted by Gasteiger charge is 2.46. The summed E-state index contributed by atoms with van der Waals surface area (Å²) in [7, 11) is 0. The monoisotopic (exact) mass is 257 g/mol. The standard InChI is InChI=1S/C11H15NO6/c1-3-11(2,5-12)18-10-9(16)8(15)7(14)6(4-13)17-10/h1,6-10,13-16H,4H2,2H3/t6-,7-,8+,9-,10+,11-/m1/s1. The summed E-state index contributed by atoms with van der Waals surface area (Å²) in [5.41, 5.74) is -1.65. The average Bonchev–Trinajstić information content (AvgIpc) is 2.39. The lowest BCUT2D eigenvalue weighted by Crippen LogP contribution is -2.60. The normalized spacial score (nSPS) is 39.4. The number of aliphatic hydroxyl groups is 4. The van der Waals surface area contributed by atoms with Gasteiger partial charge in [-0.15, -0.1) is 6.42 Å². The topological polar surface area (TPSA) is 123 Å². The molecule has 1 rings (SSSR count). The number of ether oxygens (including phenoxy) is 2. The minimum absolute atomic E-state index is 0.579. The fraction of sp³-hybridized carbons (Fsp3) is 0.727. The molecule has 0 aromatic rings. The zero-order chi connectivity index (χ0) is 13.9. The lowest BCUT2D eigenvalue weighted by Gasteiger charge is -2.40. The Kier molecular flexibility index (Phi) is 4.65. The van der Waals surface area contributed by atoms with E-state index >= 15 is 0 Å². The fourth-order valence-electron chi connectivity index (χ4n) is 1.49. The molecule has 1 aliphatic rings. The van der Waals surface area contributed by atoms with Gasteiger partial charge in [0, 0.05) is 0 Å². The maximum Gasteiger partial charge on any atom is 0.215 e. The maximum absolute atomic E-state index is 9.66. The largest absolute Gasteiger partial charge is 0.394 e. The van der Waals surface area contributed by atoms with Gasteiger partial charge in [0.15, 0.2) is 6.29 Å². The van der Waals surface area contributed by atoms with Crippen LogP contribution in [0.2, 0.25) is 0 Å². The maximum atomic E-state index is 9.66. The summed E-state index contributed by atoms with van der Waals surface area (Å²) in [6.45, 7) is 0.707. The van der Waals surface area contributed by atoms with E-state index in [0.717, 1.165) is 0 Å². The zero-order valence-corrected chi connectivity index (χ0v) is 9.72. The summed E-state index contributed by atoms with van der Waals surface area (Å²) in [5, 5.41) is 46.5. The van der Waals surface area contributed by atoms with Crippen molar-refractivity contribution in [1.29, 1.82) is 5.26 Å². The van der Waals surface area contributed by atoms with E-state index in [0.29, 0.717) is 0 Å². The van der Waals surface area contributed by atoms with Gasteiger partial charge in [-0.1, -0.05) is 5.92 Å². The Bertz CT molecular complexity index is 357. The molecule has 1 saturated heterocycles. The van der Waals surface area contributed by atoms with Crippen molar-refractivity contribution >= 4 is 0 Å². The van der Waals surface area contributed by atoms with Gasteiger partial charge in [-0.25, -0.2) is 0 Å². The van der Waals surface area contributed by atoms with Crippen molar-refractivity contribution in [1.82, 2.24) is 0 Å². The van der Waals surface area contributed by atoms with Crippen LogP contribution < -0.4 is 0 Å². The Morgan fingerprint density at radius 2 is 1.94 bits per heavy atom. The molecular weight excluding hydrogens is 242 g/mol. The van der Waals surface area contributed by atoms with Gasteiger partial charge >= 0.3 is 0 Å². The van der Waals surface area contributed by atoms with Gasteiger partial charge in [0.05, 0.1) is 6.61 Å². The molecule has 100 valence electrons. The number of hydrogen-bond donors (Lipinski definition) is 4. The minimum Gasteiger partial charge on any atom is -0.394 e. The molecular formula is C11H15NO6. The lowest BCUT2D eigenvalue weighted by atomic mass is 9.99. The van der Waals surface area contributed by atoms with Crippen molar-refractivity contribution in [2.24, 2.45) is 0 Å². The molecule has 1 fully saturated rings. The van der Waals surface area contributed by atoms with Gasteiger partial charge in [-0.3, -0.25) is 0 Å². The third-order valence-electron chi connectivity index (χ3n) is 2.69. The molecule has 0 bridgehead atoms. The smallest absolute Gasteiger partial charge is 0.215 e. The highest BCUT2D eigenvalue weighted by molar-refractivity contribution is 5.19. The van der Waals surface area contributed by atoms with E-state index in [1.54, 1.807) is 6.07 Å². The molecule has 0 aromatic carbocycles. The molecule has 6 atom stereocenters. The van der Waals surface area contributed by atoms with Crippen molar-refractivity contribution in [3.8, 4) is 18.4 Å². The third kappa shape index (κ3) is 2.79. The Labute approximate surface area is 104 Å². The van der Waals surface area contributed by atoms with Crippen LogP contribution in [0.1, 0.15) is 6.92 Å². The molecule has 18 heavy (non-hydrogen) atoms. The molecule has 0 amide bonds. The van der Waals surface area contributed by atoms with E-state index in [2.05, 4.69) is 5.92 Å². The molecule has 0 aliphatic carbocycles. The SMILES string of the molecule is C#C[C@](C)(C#N)O[C@@H]1O[C@H](CO)[C@@H](O)[C@H](O)[C@H]1O. The Morgan fingerprint density at radius 3 is 2.39 bits per heavy atom. The number of nitrogens with zero attached hydrogens (tertiary/aromatic N) is 1. The number of nitriles is 1. The molecule has 0 spiro atoms. The summed E-state index contributed by atoms with van der Waals surface area (Å²) in [6.07, 6.45) is -2.03. The van der Waals surface area contributed by atoms with E-state index in [-0.39, 0.29) is 0 Å². The van der Waals surface area contributed by atoms with Gasteiger partial charge in [0.25, 0.3) is 0 Å². The van der Waals surface area contributed by atoms with Crippen molar-refractivity contribution < 1.29 is 29.9 Å². The summed E-state index contributed by atoms with van der Waals surface area (Å²) in [4.78, 5) is 0. The minimum atomic E-state index is -1.65. The van der Waals surface area contributed by atoms with Gasteiger partial charge < -0.3 is 29.9 Å². The van der Waals surface area contributed by atoms with Gasteiger partial charge in [-0.2, -0.15) is 5.26 Å². The van der Waals surface area contributed by atoms with Crippen LogP contribution in [0.4, 0.5) is 0 Å². The van der Waals surface area contributed by atoms with Crippen molar-refractivity contribution in [3.63, 3.8) is 0 Å². The van der Waals surface area contributed by atoms with Crippen LogP contribution in [0.5, 0.6) is 0 Å². The van der Waals surface area contributed by atoms with E-state index in [1.807, 2.05) is 0 Å². The number of terminal acetylenes is 1. The van der Waals surface area contributed by atoms with Crippen LogP contribution in [0.15, 0.2) is 0 Å². The van der Waals surface area contributed by atoms with E-state index in [9.17, 15) is 15.3 Å². The van der Waals surface area contributed by atoms with Crippen molar-refractivity contribution in [2.45, 2.75) is 43.2 Å². The van der Waals surface area contributed by atoms with E-state index in [1.165, 1.54) is 6.92 Å². The summed E-state index contributed by atoms with van der Waals surface area (Å²) < 4.78 is 10.1. The predicted octanol–water partition coefficient (Wildman–Crippen LogP) is -2.28. The second-order valence-corrected chi connectivity index (χ2v) is 4.10. The first kappa shape index (κ1) is 14.9. The first-order valence-corrected chi connectivity index (χ1v) is 5.26. The predicted molar refractivity (Wildman–Crippen MR) is 57.7 cm³/mol. The van der Waals surface area contributed by atoms with Crippen LogP contribution in [0.25, 0.3) is 0 Å². The molecule has 0 aromatic heterocycles. The van der Waals surface area contributed by atoms with Crippen LogP contribution in [0.3, 0.4) is 0 Å². The lowest BCUT2D eigenvalue weighted by molar-refractivity contribution is -0.312. The van der Waals surface area contributed by atoms with Gasteiger partial charge in [0.2, 0.25) is 5.60 Å². The van der Waals surface area contributed by atoms with Crippen LogP contribution in [-0.4, -0.2) is 63.3 Å². The van der Waals surface area contributed by atoms with Crippen molar-refractivity contribution in [2.75, 3.05) is 6.61 Å². The number of rotatable bonds is 3. The van der Waals surface area contributed by atoms with Gasteiger partial charge in [-0.05, 0) is 6.92 Å². The average molecular weight is 257 g/mol. The Hall–Kier alpha value is -1.19. The Balaban J connectivity index is 2.84. The molecule has 0 unspecified atom stereocenters. The molecule has 0 radical (unpaired) electrons. The summed E-state index contributed by atoms with van der Waals surface area (Å²) in [6, 6.07) is 1.70. The molecule has 7 heteroatoms. The van der Waals surface area contributed by atoms with Crippen LogP contribution in [-0.2, 0) is 9.47 Å². The molecule has 1 aliphatic heterocycles. The Morgan fingerprint density at radius 1 is 1.33 bits per heavy atom. The van der Waals surface area contributed by atoms with Gasteiger partial charge in [0.1, 0.15) is 30.5 Å². The highest BCUT2D eigenvalue weighted by Crippen LogP contribution is 2.25. The number of aliphatic hydroxyl groups excluding tert-OH is 4.